The van der Waals surface area contributed by atoms with Gasteiger partial charge in [-0.15, -0.1) is 0 Å². The molecule has 0 spiro atoms. The lowest BCUT2D eigenvalue weighted by molar-refractivity contribution is 0.409. The Kier molecular flexibility index (Phi) is 3.65. The van der Waals surface area contributed by atoms with E-state index in [1.807, 2.05) is 13.0 Å². The third-order valence-electron chi connectivity index (χ3n) is 3.39. The van der Waals surface area contributed by atoms with Gasteiger partial charge in [0.25, 0.3) is 0 Å². The van der Waals surface area contributed by atoms with Gasteiger partial charge < -0.3 is 10.1 Å². The lowest BCUT2D eigenvalue weighted by Gasteiger charge is -2.24. The fourth-order valence-corrected chi connectivity index (χ4v) is 2.53. The van der Waals surface area contributed by atoms with Crippen molar-refractivity contribution in [2.75, 3.05) is 20.2 Å². The van der Waals surface area contributed by atoms with E-state index in [9.17, 15) is 0 Å². The molecule has 1 aliphatic heterocycles. The summed E-state index contributed by atoms with van der Waals surface area (Å²) in [6.45, 7) is 4.12. The highest BCUT2D eigenvalue weighted by Crippen LogP contribution is 2.30. The van der Waals surface area contributed by atoms with Crippen molar-refractivity contribution in [3.05, 3.63) is 28.8 Å². The number of benzene rings is 1. The van der Waals surface area contributed by atoms with E-state index in [2.05, 4.69) is 17.5 Å². The first-order valence-electron chi connectivity index (χ1n) is 6.05. The molecule has 17 heavy (non-hydrogen) atoms. The molecule has 1 N–H and O–H groups in total. The molecule has 2 rings (SSSR count). The topological polar surface area (TPSA) is 45.0 Å². The molecule has 0 amide bonds. The molecule has 1 aliphatic rings. The summed E-state index contributed by atoms with van der Waals surface area (Å²) < 4.78 is 5.27. The fraction of sp³-hybridized carbons (Fsp3) is 0.500. The predicted octanol–water partition coefficient (Wildman–Crippen LogP) is 2.34. The monoisotopic (exact) mass is 230 g/mol. The minimum atomic E-state index is 0.528. The highest BCUT2D eigenvalue weighted by atomic mass is 16.5. The lowest BCUT2D eigenvalue weighted by atomic mass is 9.89. The Balaban J connectivity index is 2.36. The number of ether oxygens (including phenoxy) is 1. The van der Waals surface area contributed by atoms with Gasteiger partial charge in [0, 0.05) is 6.54 Å². The second-order valence-electron chi connectivity index (χ2n) is 4.57. The van der Waals surface area contributed by atoms with E-state index in [4.69, 9.17) is 10.00 Å². The smallest absolute Gasteiger partial charge is 0.139 e. The van der Waals surface area contributed by atoms with Gasteiger partial charge in [-0.1, -0.05) is 6.07 Å². The molecular weight excluding hydrogens is 212 g/mol. The van der Waals surface area contributed by atoms with Crippen LogP contribution in [-0.4, -0.2) is 20.2 Å². The summed E-state index contributed by atoms with van der Waals surface area (Å²) in [6.07, 6.45) is 2.40. The Hall–Kier alpha value is -1.53. The molecule has 1 unspecified atom stereocenters. The van der Waals surface area contributed by atoms with Gasteiger partial charge in [-0.25, -0.2) is 0 Å². The Morgan fingerprint density at radius 3 is 2.88 bits per heavy atom. The summed E-state index contributed by atoms with van der Waals surface area (Å²) in [4.78, 5) is 0. The van der Waals surface area contributed by atoms with Crippen LogP contribution in [0.2, 0.25) is 0 Å². The quantitative estimate of drug-likeness (QED) is 0.848. The van der Waals surface area contributed by atoms with Crippen LogP contribution >= 0.6 is 0 Å². The Morgan fingerprint density at radius 2 is 2.29 bits per heavy atom. The van der Waals surface area contributed by atoms with E-state index in [1.54, 1.807) is 7.11 Å². The molecule has 3 heteroatoms. The lowest BCUT2D eigenvalue weighted by Crippen LogP contribution is -2.28. The summed E-state index contributed by atoms with van der Waals surface area (Å²) in [7, 11) is 1.62. The molecule has 1 saturated heterocycles. The Bertz CT molecular complexity index is 442. The molecule has 1 atom stereocenters. The third-order valence-corrected chi connectivity index (χ3v) is 3.39. The highest BCUT2D eigenvalue weighted by molar-refractivity contribution is 5.51. The van der Waals surface area contributed by atoms with Crippen molar-refractivity contribution >= 4 is 0 Å². The summed E-state index contributed by atoms with van der Waals surface area (Å²) in [6, 6.07) is 6.35. The van der Waals surface area contributed by atoms with Gasteiger partial charge in [0.1, 0.15) is 11.8 Å². The molecule has 0 aromatic heterocycles. The van der Waals surface area contributed by atoms with Gasteiger partial charge >= 0.3 is 0 Å². The number of nitriles is 1. The van der Waals surface area contributed by atoms with E-state index in [0.29, 0.717) is 17.2 Å². The fourth-order valence-electron chi connectivity index (χ4n) is 2.53. The molecule has 1 fully saturated rings. The van der Waals surface area contributed by atoms with Gasteiger partial charge in [0.2, 0.25) is 0 Å². The van der Waals surface area contributed by atoms with Crippen molar-refractivity contribution in [2.24, 2.45) is 0 Å². The molecule has 0 radical (unpaired) electrons. The van der Waals surface area contributed by atoms with E-state index in [-0.39, 0.29) is 0 Å². The minimum Gasteiger partial charge on any atom is -0.495 e. The first-order chi connectivity index (χ1) is 8.26. The normalized spacial score (nSPS) is 19.7. The Morgan fingerprint density at radius 1 is 1.47 bits per heavy atom. The maximum absolute atomic E-state index is 9.15. The van der Waals surface area contributed by atoms with Crippen molar-refractivity contribution in [2.45, 2.75) is 25.7 Å². The first kappa shape index (κ1) is 11.9. The zero-order valence-electron chi connectivity index (χ0n) is 10.4. The van der Waals surface area contributed by atoms with Crippen LogP contribution in [0.5, 0.6) is 5.75 Å². The van der Waals surface area contributed by atoms with Gasteiger partial charge in [-0.05, 0) is 49.4 Å². The van der Waals surface area contributed by atoms with Crippen LogP contribution in [0.25, 0.3) is 0 Å². The summed E-state index contributed by atoms with van der Waals surface area (Å²) in [5, 5.41) is 12.6. The van der Waals surface area contributed by atoms with Crippen LogP contribution in [0.4, 0.5) is 0 Å². The average molecular weight is 230 g/mol. The van der Waals surface area contributed by atoms with Crippen molar-refractivity contribution in [3.63, 3.8) is 0 Å². The number of hydrogen-bond acceptors (Lipinski definition) is 3. The number of nitrogens with zero attached hydrogens (tertiary/aromatic N) is 1. The summed E-state index contributed by atoms with van der Waals surface area (Å²) in [5.74, 6) is 1.24. The number of nitrogens with one attached hydrogen (secondary N) is 1. The number of rotatable bonds is 2. The zero-order chi connectivity index (χ0) is 12.3. The standard InChI is InChI=1S/C14H18N2O/c1-10-6-12(11-4-3-5-16-9-11)7-13(8-15)14(10)17-2/h6-7,11,16H,3-5,9H2,1-2H3. The summed E-state index contributed by atoms with van der Waals surface area (Å²) >= 11 is 0. The molecule has 90 valence electrons. The van der Waals surface area contributed by atoms with Crippen molar-refractivity contribution < 1.29 is 4.74 Å². The van der Waals surface area contributed by atoms with Crippen molar-refractivity contribution in [1.29, 1.82) is 5.26 Å². The molecular formula is C14H18N2O. The molecule has 1 aromatic carbocycles. The number of piperidine rings is 1. The number of hydrogen-bond donors (Lipinski definition) is 1. The summed E-state index contributed by atoms with van der Waals surface area (Å²) in [5.41, 5.74) is 2.95. The van der Waals surface area contributed by atoms with Crippen LogP contribution < -0.4 is 10.1 Å². The van der Waals surface area contributed by atoms with Crippen LogP contribution in [0.3, 0.4) is 0 Å². The first-order valence-corrected chi connectivity index (χ1v) is 6.05. The van der Waals surface area contributed by atoms with Gasteiger partial charge in [0.05, 0.1) is 12.7 Å². The molecule has 1 aromatic rings. The van der Waals surface area contributed by atoms with Gasteiger partial charge in [-0.3, -0.25) is 0 Å². The molecule has 0 bridgehead atoms. The van der Waals surface area contributed by atoms with Crippen molar-refractivity contribution in [3.8, 4) is 11.8 Å². The number of methoxy groups -OCH3 is 1. The molecule has 0 aliphatic carbocycles. The van der Waals surface area contributed by atoms with E-state index in [1.165, 1.54) is 18.4 Å². The van der Waals surface area contributed by atoms with Crippen LogP contribution in [0, 0.1) is 18.3 Å². The Labute approximate surface area is 102 Å². The zero-order valence-corrected chi connectivity index (χ0v) is 10.4. The molecule has 3 nitrogen and oxygen atoms in total. The second kappa shape index (κ2) is 5.20. The second-order valence-corrected chi connectivity index (χ2v) is 4.57. The van der Waals surface area contributed by atoms with E-state index < -0.39 is 0 Å². The van der Waals surface area contributed by atoms with Gasteiger partial charge in [0.15, 0.2) is 0 Å². The van der Waals surface area contributed by atoms with Crippen LogP contribution in [0.15, 0.2) is 12.1 Å². The minimum absolute atomic E-state index is 0.528. The highest BCUT2D eigenvalue weighted by Gasteiger charge is 2.18. The largest absolute Gasteiger partial charge is 0.495 e. The molecule has 1 heterocycles. The van der Waals surface area contributed by atoms with Crippen LogP contribution in [0.1, 0.15) is 35.4 Å². The van der Waals surface area contributed by atoms with E-state index >= 15 is 0 Å². The molecule has 0 saturated carbocycles. The SMILES string of the molecule is COc1c(C)cc(C2CCCNC2)cc1C#N. The van der Waals surface area contributed by atoms with Gasteiger partial charge in [-0.2, -0.15) is 5.26 Å². The predicted molar refractivity (Wildman–Crippen MR) is 67.3 cm³/mol. The average Bonchev–Trinajstić information content (AvgIpc) is 2.38. The maximum Gasteiger partial charge on any atom is 0.139 e. The maximum atomic E-state index is 9.15. The number of aryl methyl sites for hydroxylation is 1. The van der Waals surface area contributed by atoms with Crippen LogP contribution in [-0.2, 0) is 0 Å². The van der Waals surface area contributed by atoms with Crippen molar-refractivity contribution in [1.82, 2.24) is 5.32 Å². The van der Waals surface area contributed by atoms with E-state index in [0.717, 1.165) is 18.7 Å². The third kappa shape index (κ3) is 2.42.